The van der Waals surface area contributed by atoms with Gasteiger partial charge < -0.3 is 30.4 Å². The van der Waals surface area contributed by atoms with Crippen molar-refractivity contribution >= 4 is 295 Å². The second-order valence-electron chi connectivity index (χ2n) is 25.5. The summed E-state index contributed by atoms with van der Waals surface area (Å²) in [6, 6.07) is 24.1. The minimum atomic E-state index is -6.09. The Morgan fingerprint density at radius 3 is 1.10 bits per heavy atom. The third-order valence-electron chi connectivity index (χ3n) is 14.9. The maximum atomic E-state index is 11.9. The van der Waals surface area contributed by atoms with Crippen LogP contribution in [0.3, 0.4) is 0 Å². The highest BCUT2D eigenvalue weighted by Crippen LogP contribution is 2.36. The normalized spacial score (nSPS) is 12.4. The number of H-pyrrole nitrogens is 1. The number of carbonyl (C=O) groups is 2. The van der Waals surface area contributed by atoms with Gasteiger partial charge in [-0.15, -0.1) is 156 Å². The van der Waals surface area contributed by atoms with E-state index < -0.39 is 103 Å². The minimum absolute atomic E-state index is 0. The lowest BCUT2D eigenvalue weighted by Crippen LogP contribution is -2.38. The third kappa shape index (κ3) is 55.0. The van der Waals surface area contributed by atoms with Gasteiger partial charge in [-0.05, 0) is 131 Å². The smallest absolute Gasteiger partial charge is 0.523 e. The monoisotopic (exact) mass is 2420 g/mol. The van der Waals surface area contributed by atoms with Crippen LogP contribution in [0.1, 0.15) is 85.7 Å². The van der Waals surface area contributed by atoms with Crippen LogP contribution in [0.4, 0.5) is 54.3 Å². The first-order valence-corrected chi connectivity index (χ1v) is 55.1. The Labute approximate surface area is 869 Å². The average Bonchev–Trinajstić information content (AvgIpc) is 1.69. The number of carbonyl (C=O) groups excluding carboxylic acids is 1. The third-order valence-corrected chi connectivity index (χ3v) is 25.8. The van der Waals surface area contributed by atoms with Crippen molar-refractivity contribution in [3.8, 4) is 0 Å². The predicted octanol–water partition coefficient (Wildman–Crippen LogP) is 19.0. The summed E-state index contributed by atoms with van der Waals surface area (Å²) in [4.78, 5) is 44.1. The molecule has 2 fully saturated rings. The first-order valence-electron chi connectivity index (χ1n) is 36.8. The van der Waals surface area contributed by atoms with E-state index in [2.05, 4.69) is 95.4 Å². The van der Waals surface area contributed by atoms with Gasteiger partial charge in [-0.1, -0.05) is 67.4 Å². The highest BCUT2D eigenvalue weighted by molar-refractivity contribution is 8.31. The maximum Gasteiger partial charge on any atom is 0.523 e. The van der Waals surface area contributed by atoms with E-state index in [1.54, 1.807) is 59.2 Å². The van der Waals surface area contributed by atoms with Crippen LogP contribution in [0.5, 0.6) is 0 Å². The highest BCUT2D eigenvalue weighted by Gasteiger charge is 2.47. The molecule has 0 radical (unpaired) electrons. The number of hydrogen-bond acceptors (Lipinski definition) is 30. The number of hydrogen-bond donors (Lipinski definition) is 5. The second-order valence-corrected chi connectivity index (χ2v) is 45.7. The van der Waals surface area contributed by atoms with Gasteiger partial charge in [0, 0.05) is 111 Å². The summed E-state index contributed by atoms with van der Waals surface area (Å²) in [5.41, 5.74) is -7.79. The maximum absolute atomic E-state index is 11.9. The fourth-order valence-corrected chi connectivity index (χ4v) is 15.9. The number of nitrogens with two attached hydrogens (primary N) is 1. The highest BCUT2D eigenvalue weighted by atomic mass is 36.0. The number of aromatic carboxylic acids is 1. The minimum Gasteiger partial charge on any atom is -0.741 e. The second kappa shape index (κ2) is 68.9. The van der Waals surface area contributed by atoms with Gasteiger partial charge in [-0.3, -0.25) is 13.7 Å². The molecule has 0 bridgehead atoms. The fraction of sp³-hybridized carbons (Fsp3) is 0.380. The first-order chi connectivity index (χ1) is 63.4. The van der Waals surface area contributed by atoms with Crippen molar-refractivity contribution in [1.29, 1.82) is 0 Å². The van der Waals surface area contributed by atoms with Crippen LogP contribution in [-0.2, 0) is 89.4 Å². The molecule has 68 heteroatoms. The summed E-state index contributed by atoms with van der Waals surface area (Å²) in [5, 5.41) is 21.0. The summed E-state index contributed by atoms with van der Waals surface area (Å²) in [7, 11) is -19.7. The number of thiophene rings is 3. The number of aromatic amines is 1. The van der Waals surface area contributed by atoms with Crippen molar-refractivity contribution in [2.45, 2.75) is 102 Å². The molecule has 1 amide bonds. The molecule has 12 aromatic rings. The number of benzene rings is 3. The van der Waals surface area contributed by atoms with Gasteiger partial charge in [0.15, 0.2) is 10.1 Å². The number of imidazole rings is 6. The molecule has 2 saturated heterocycles. The lowest BCUT2D eigenvalue weighted by atomic mass is 10.1. The van der Waals surface area contributed by atoms with E-state index >= 15 is 0 Å². The van der Waals surface area contributed by atoms with Crippen LogP contribution in [0.2, 0.25) is 0 Å². The van der Waals surface area contributed by atoms with E-state index in [1.165, 1.54) is 165 Å². The van der Waals surface area contributed by atoms with Crippen molar-refractivity contribution in [2.75, 3.05) is 72.8 Å². The van der Waals surface area contributed by atoms with Crippen molar-refractivity contribution in [3.63, 3.8) is 0 Å². The SMILES string of the molecule is C1CCNCC1.COS(=O)(=O)C(F)(F)F.COS(=O)(=O)C(F)(F)F.C[n+]1ccn(S(=O)(=O)n2ccnc2)c1.Cc1c(C(=O)O)sc2ccccc12.Cc1c(N)sc2ccccc12.Cc1c(NC(=O)OC(C)(C)C)sc2ccccc12.Cl.Cl.ClCCl.ClCCl.ClCCl.ClCCl.O=S(=O)(Cl)Cl.O=S(=O)(N1CCCCC1)n1ccnc1.O=S(=O)([O-])C(F)(F)F.O=S(=O)(n1ccnc1)n1ccnc1.c1c[nH]cn1. The fourth-order valence-electron chi connectivity index (χ4n) is 9.01. The number of aromatic nitrogens is 12. The predicted molar refractivity (Wildman–Crippen MR) is 531 cm³/mol. The van der Waals surface area contributed by atoms with Crippen molar-refractivity contribution in [3.05, 3.63) is 207 Å². The van der Waals surface area contributed by atoms with E-state index in [9.17, 15) is 91.2 Å². The number of alkyl halides is 17. The van der Waals surface area contributed by atoms with E-state index in [1.807, 2.05) is 89.2 Å². The molecule has 9 aromatic heterocycles. The molecule has 6 N–H and O–H groups in total. The number of carboxylic acid groups (broad SMARTS) is 1. The lowest BCUT2D eigenvalue weighted by molar-refractivity contribution is -0.670. The zero-order chi connectivity index (χ0) is 106. The van der Waals surface area contributed by atoms with Crippen molar-refractivity contribution in [2.24, 2.45) is 7.05 Å². The van der Waals surface area contributed by atoms with Crippen LogP contribution >= 0.6 is 173 Å². The summed E-state index contributed by atoms with van der Waals surface area (Å²) < 4.78 is 277. The Morgan fingerprint density at radius 2 is 0.849 bits per heavy atom. The van der Waals surface area contributed by atoms with Crippen LogP contribution in [0.15, 0.2) is 185 Å². The quantitative estimate of drug-likeness (QED) is 0.0161. The Kier molecular flexibility index (Phi) is 68.8. The molecular weight excluding hydrogens is 2330 g/mol. The molecule has 14 rings (SSSR count). The zero-order valence-corrected chi connectivity index (χ0v) is 90.7. The molecule has 3 aromatic carbocycles. The van der Waals surface area contributed by atoms with E-state index in [-0.39, 0.29) is 46.2 Å². The van der Waals surface area contributed by atoms with Crippen molar-refractivity contribution < 1.29 is 135 Å². The topological polar surface area (TPSA) is 506 Å². The number of nitrogen functional groups attached to an aromatic ring is 1. The summed E-state index contributed by atoms with van der Waals surface area (Å²) in [6.07, 6.45) is 32.8. The number of rotatable bonds is 10. The number of piperidine rings is 2. The lowest BCUT2D eigenvalue weighted by Gasteiger charge is -2.25. The zero-order valence-electron chi connectivity index (χ0n) is 73.4. The molecule has 0 atom stereocenters. The van der Waals surface area contributed by atoms with Crippen molar-refractivity contribution in [1.82, 2.24) is 59.4 Å². The number of amides is 1. The molecule has 139 heavy (non-hydrogen) atoms. The van der Waals surface area contributed by atoms with Gasteiger partial charge in [-0.25, -0.2) is 59.4 Å². The summed E-state index contributed by atoms with van der Waals surface area (Å²) >= 11 is 42.7. The number of nitrogens with zero attached hydrogens (tertiary/aromatic N) is 12. The van der Waals surface area contributed by atoms with Crippen LogP contribution < -0.4 is 20.9 Å². The Morgan fingerprint density at radius 1 is 0.511 bits per heavy atom. The van der Waals surface area contributed by atoms with E-state index in [0.29, 0.717) is 32.2 Å². The summed E-state index contributed by atoms with van der Waals surface area (Å²) in [5.74, 6) is -0.835. The summed E-state index contributed by atoms with van der Waals surface area (Å²) in [6.45, 7) is 15.2. The molecule has 0 unspecified atom stereocenters. The van der Waals surface area contributed by atoms with Gasteiger partial charge in [0.1, 0.15) is 53.2 Å². The van der Waals surface area contributed by atoms with E-state index in [0.717, 1.165) is 66.4 Å². The van der Waals surface area contributed by atoms with Gasteiger partial charge in [0.05, 0.1) is 54.0 Å². The number of carboxylic acids is 1. The first kappa shape index (κ1) is 139. The number of ether oxygens (including phenoxy) is 1. The molecule has 37 nitrogen and oxygen atoms in total. The van der Waals surface area contributed by atoms with Crippen LogP contribution in [-0.4, -0.2) is 219 Å². The van der Waals surface area contributed by atoms with Gasteiger partial charge >= 0.3 is 87.7 Å². The van der Waals surface area contributed by atoms with Crippen LogP contribution in [0, 0.1) is 20.8 Å². The Hall–Kier alpha value is -6.36. The number of halogens is 21. The Bertz CT molecular complexity index is 6130. The van der Waals surface area contributed by atoms with Gasteiger partial charge in [0.25, 0.3) is 6.33 Å². The van der Waals surface area contributed by atoms with E-state index in [4.69, 9.17) is 130 Å². The van der Waals surface area contributed by atoms with Gasteiger partial charge in [-0.2, -0.15) is 98.3 Å². The van der Waals surface area contributed by atoms with Gasteiger partial charge in [0.2, 0.25) is 0 Å². The molecule has 2 aliphatic heterocycles. The Balaban J connectivity index is -0.000000716. The largest absolute Gasteiger partial charge is 0.741 e. The number of fused-ring (bicyclic) bond motifs is 3. The standard InChI is InChI=1S/C14H17NO2S.C10H8O2S.C9H9NS.C8H13N3O2S.C7H9N4O2S.C6H6N4O2S.C5H11N.C3H4N2.2C2H3F3O3S.4CH2Cl2.CHF3O3S.Cl2O2S.2ClH/c1-9-10-7-5-6-8-11(10)18-12(9)15-13(16)17-14(2,3)4;1-6-7-4-2-3-5-8(7)13-9(6)10(11)12;1-6-7-4-2-3-5-8(7)11-9(6)10;12-14(13,11-7-4-9-8-11)10-5-2-1-3-6-10;1-9-4-5-11(7-9)14(12,13)10-3-2-8-6-10;11-13(12,9-3-1-7-5-9)10-4-2-8-6-10;1-2-4-6-5-3-1;1-2-5-3-4-1;2*1-8-9(6,7)2(3,4)5;4*2-1-3;2-1(3,4)8(5,6)7;1-5(2,3)4;;/h5-8H,1-4H3,(H,15,16);2-5H,1H3,(H,11,12);2-5H,10H2,1H3;4,7-8H,1-3,5-6H2;2-7H,1H3;1-6H;6H,1-5H2;1-3H,(H,4,5);2*1H3;4*1H2;(H,5,6,7);;2*1H/q;;;;+1;;;;;;;;;;;;;/p-1. The van der Waals surface area contributed by atoms with Crippen LogP contribution in [0.25, 0.3) is 30.3 Å². The molecular formula is C71H93Cl12F9N16O21S10. The molecule has 0 saturated carbocycles. The number of aryl methyl sites for hydroxylation is 4. The average molecular weight is 2420 g/mol. The molecule has 0 spiro atoms. The molecule has 0 aliphatic carbocycles. The molecule has 790 valence electrons. The number of anilines is 2. The molecule has 2 aliphatic rings. The number of nitrogens with one attached hydrogen (secondary N) is 3. The molecule has 11 heterocycles.